The zero-order valence-electron chi connectivity index (χ0n) is 11.4. The lowest BCUT2D eigenvalue weighted by Gasteiger charge is -2.33. The third-order valence-corrected chi connectivity index (χ3v) is 3.58. The van der Waals surface area contributed by atoms with Crippen LogP contribution in [0.3, 0.4) is 0 Å². The van der Waals surface area contributed by atoms with Crippen LogP contribution in [0.1, 0.15) is 24.8 Å². The summed E-state index contributed by atoms with van der Waals surface area (Å²) in [5, 5.41) is 19.9. The minimum atomic E-state index is -0.998. The first-order valence-electron chi connectivity index (χ1n) is 6.74. The molecule has 1 fully saturated rings. The number of carbonyl (C=O) groups is 2. The number of rotatable bonds is 4. The summed E-state index contributed by atoms with van der Waals surface area (Å²) in [6.45, 7) is 0.421. The molecule has 1 heterocycles. The molecular weight excluding hydrogens is 276 g/mol. The summed E-state index contributed by atoms with van der Waals surface area (Å²) >= 11 is 0. The Kier molecular flexibility index (Phi) is 4.52. The Balaban J connectivity index is 2.11. The standard InChI is InChI=1S/C14H16N2O5/c17-13(15-7-2-1-6-12(15)14(18)19)9-10-4-3-5-11(8-10)16(20)21/h3-5,8,12H,1-2,6-7,9H2,(H,18,19)/t12-/m0/s1. The van der Waals surface area contributed by atoms with E-state index in [-0.39, 0.29) is 18.0 Å². The molecule has 1 aromatic carbocycles. The minimum Gasteiger partial charge on any atom is -0.480 e. The molecule has 1 aliphatic rings. The van der Waals surface area contributed by atoms with Gasteiger partial charge in [0.25, 0.3) is 5.69 Å². The summed E-state index contributed by atoms with van der Waals surface area (Å²) in [7, 11) is 0. The van der Waals surface area contributed by atoms with E-state index in [9.17, 15) is 19.7 Å². The summed E-state index contributed by atoms with van der Waals surface area (Å²) < 4.78 is 0. The molecule has 2 rings (SSSR count). The lowest BCUT2D eigenvalue weighted by atomic mass is 10.0. The number of piperidine rings is 1. The molecule has 0 spiro atoms. The van der Waals surface area contributed by atoms with Crippen molar-refractivity contribution >= 4 is 17.6 Å². The number of carboxylic acid groups (broad SMARTS) is 1. The fourth-order valence-corrected chi connectivity index (χ4v) is 2.54. The van der Waals surface area contributed by atoms with Crippen molar-refractivity contribution in [1.29, 1.82) is 0 Å². The van der Waals surface area contributed by atoms with E-state index in [0.29, 0.717) is 18.5 Å². The first kappa shape index (κ1) is 15.0. The van der Waals surface area contributed by atoms with E-state index >= 15 is 0 Å². The zero-order chi connectivity index (χ0) is 15.4. The maximum atomic E-state index is 12.3. The summed E-state index contributed by atoms with van der Waals surface area (Å²) in [4.78, 5) is 35.0. The Labute approximate surface area is 121 Å². The van der Waals surface area contributed by atoms with Crippen LogP contribution in [-0.2, 0) is 16.0 Å². The van der Waals surface area contributed by atoms with E-state index in [4.69, 9.17) is 5.11 Å². The van der Waals surface area contributed by atoms with Crippen LogP contribution in [0.5, 0.6) is 0 Å². The van der Waals surface area contributed by atoms with Crippen molar-refractivity contribution in [1.82, 2.24) is 4.90 Å². The molecule has 0 aliphatic carbocycles. The number of carboxylic acids is 1. The third-order valence-electron chi connectivity index (χ3n) is 3.58. The second-order valence-electron chi connectivity index (χ2n) is 5.04. The molecule has 1 amide bonds. The van der Waals surface area contributed by atoms with Gasteiger partial charge in [0.2, 0.25) is 5.91 Å². The number of amides is 1. The Bertz CT molecular complexity index is 572. The van der Waals surface area contributed by atoms with Crippen molar-refractivity contribution in [3.8, 4) is 0 Å². The number of benzene rings is 1. The number of hydrogen-bond donors (Lipinski definition) is 1. The number of nitrogens with zero attached hydrogens (tertiary/aromatic N) is 2. The maximum Gasteiger partial charge on any atom is 0.326 e. The van der Waals surface area contributed by atoms with Gasteiger partial charge >= 0.3 is 5.97 Å². The van der Waals surface area contributed by atoms with Gasteiger partial charge in [-0.25, -0.2) is 4.79 Å². The van der Waals surface area contributed by atoms with Gasteiger partial charge in [0, 0.05) is 18.7 Å². The molecule has 0 radical (unpaired) electrons. The van der Waals surface area contributed by atoms with Crippen LogP contribution in [0.4, 0.5) is 5.69 Å². The van der Waals surface area contributed by atoms with Gasteiger partial charge in [0.1, 0.15) is 6.04 Å². The average Bonchev–Trinajstić information content (AvgIpc) is 2.47. The van der Waals surface area contributed by atoms with Crippen molar-refractivity contribution in [2.75, 3.05) is 6.54 Å². The Morgan fingerprint density at radius 1 is 1.38 bits per heavy atom. The molecule has 1 atom stereocenters. The molecule has 1 saturated heterocycles. The molecule has 7 heteroatoms. The Hall–Kier alpha value is -2.44. The molecular formula is C14H16N2O5. The van der Waals surface area contributed by atoms with Crippen LogP contribution in [-0.4, -0.2) is 39.4 Å². The molecule has 1 aliphatic heterocycles. The lowest BCUT2D eigenvalue weighted by Crippen LogP contribution is -2.48. The highest BCUT2D eigenvalue weighted by molar-refractivity contribution is 5.85. The van der Waals surface area contributed by atoms with Crippen LogP contribution < -0.4 is 0 Å². The Morgan fingerprint density at radius 3 is 2.81 bits per heavy atom. The summed E-state index contributed by atoms with van der Waals surface area (Å²) in [6, 6.07) is 5.06. The van der Waals surface area contributed by atoms with Crippen LogP contribution in [0.15, 0.2) is 24.3 Å². The summed E-state index contributed by atoms with van der Waals surface area (Å²) in [5.41, 5.74) is 0.442. The van der Waals surface area contributed by atoms with Crippen LogP contribution in [0.25, 0.3) is 0 Å². The molecule has 1 N–H and O–H groups in total. The van der Waals surface area contributed by atoms with Crippen molar-refractivity contribution < 1.29 is 19.6 Å². The average molecular weight is 292 g/mol. The highest BCUT2D eigenvalue weighted by atomic mass is 16.6. The number of nitro groups is 1. The second-order valence-corrected chi connectivity index (χ2v) is 5.04. The summed E-state index contributed by atoms with van der Waals surface area (Å²) in [5.74, 6) is -1.30. The predicted octanol–water partition coefficient (Wildman–Crippen LogP) is 1.60. The van der Waals surface area contributed by atoms with Gasteiger partial charge in [-0.3, -0.25) is 14.9 Å². The summed E-state index contributed by atoms with van der Waals surface area (Å²) in [6.07, 6.45) is 2.00. The zero-order valence-corrected chi connectivity index (χ0v) is 11.4. The highest BCUT2D eigenvalue weighted by Crippen LogP contribution is 2.20. The smallest absolute Gasteiger partial charge is 0.326 e. The van der Waals surface area contributed by atoms with Gasteiger partial charge in [-0.05, 0) is 24.8 Å². The minimum absolute atomic E-state index is 0.0224. The molecule has 1 aromatic rings. The molecule has 112 valence electrons. The maximum absolute atomic E-state index is 12.3. The number of nitro benzene ring substituents is 1. The van der Waals surface area contributed by atoms with Crippen LogP contribution in [0.2, 0.25) is 0 Å². The van der Waals surface area contributed by atoms with Gasteiger partial charge in [-0.1, -0.05) is 12.1 Å². The van der Waals surface area contributed by atoms with E-state index in [1.807, 2.05) is 0 Å². The number of likely N-dealkylation sites (tertiary alicyclic amines) is 1. The number of non-ortho nitro benzene ring substituents is 1. The molecule has 21 heavy (non-hydrogen) atoms. The normalized spacial score (nSPS) is 18.3. The number of hydrogen-bond acceptors (Lipinski definition) is 4. The molecule has 0 bridgehead atoms. The molecule has 0 aromatic heterocycles. The SMILES string of the molecule is O=C(O)[C@@H]1CCCCN1C(=O)Cc1cccc([N+](=O)[O-])c1. The first-order valence-corrected chi connectivity index (χ1v) is 6.74. The van der Waals surface area contributed by atoms with Crippen LogP contribution >= 0.6 is 0 Å². The fraction of sp³-hybridized carbons (Fsp3) is 0.429. The third kappa shape index (κ3) is 3.56. The molecule has 0 saturated carbocycles. The van der Waals surface area contributed by atoms with E-state index in [2.05, 4.69) is 0 Å². The second kappa shape index (κ2) is 6.34. The highest BCUT2D eigenvalue weighted by Gasteiger charge is 2.31. The van der Waals surface area contributed by atoms with Gasteiger partial charge < -0.3 is 10.0 Å². The largest absolute Gasteiger partial charge is 0.480 e. The number of aliphatic carboxylic acids is 1. The van der Waals surface area contributed by atoms with Gasteiger partial charge in [0.05, 0.1) is 11.3 Å². The Morgan fingerprint density at radius 2 is 2.14 bits per heavy atom. The van der Waals surface area contributed by atoms with Crippen molar-refractivity contribution in [3.63, 3.8) is 0 Å². The van der Waals surface area contributed by atoms with Crippen molar-refractivity contribution in [3.05, 3.63) is 39.9 Å². The van der Waals surface area contributed by atoms with Gasteiger partial charge in [-0.15, -0.1) is 0 Å². The van der Waals surface area contributed by atoms with E-state index in [0.717, 1.165) is 12.8 Å². The van der Waals surface area contributed by atoms with E-state index < -0.39 is 16.9 Å². The quantitative estimate of drug-likeness (QED) is 0.671. The molecule has 7 nitrogen and oxygen atoms in total. The topological polar surface area (TPSA) is 101 Å². The van der Waals surface area contributed by atoms with Crippen molar-refractivity contribution in [2.45, 2.75) is 31.7 Å². The van der Waals surface area contributed by atoms with E-state index in [1.54, 1.807) is 6.07 Å². The van der Waals surface area contributed by atoms with Gasteiger partial charge in [-0.2, -0.15) is 0 Å². The monoisotopic (exact) mass is 292 g/mol. The number of carbonyl (C=O) groups excluding carboxylic acids is 1. The fourth-order valence-electron chi connectivity index (χ4n) is 2.54. The lowest BCUT2D eigenvalue weighted by molar-refractivity contribution is -0.384. The van der Waals surface area contributed by atoms with Gasteiger partial charge in [0.15, 0.2) is 0 Å². The van der Waals surface area contributed by atoms with E-state index in [1.165, 1.54) is 23.1 Å². The predicted molar refractivity (Wildman–Crippen MR) is 73.8 cm³/mol. The first-order chi connectivity index (χ1) is 9.99. The van der Waals surface area contributed by atoms with Crippen molar-refractivity contribution in [2.24, 2.45) is 0 Å². The van der Waals surface area contributed by atoms with Crippen LogP contribution in [0, 0.1) is 10.1 Å². The molecule has 0 unspecified atom stereocenters.